The van der Waals surface area contributed by atoms with Gasteiger partial charge in [0.25, 0.3) is 11.8 Å². The zero-order chi connectivity index (χ0) is 18.9. The summed E-state index contributed by atoms with van der Waals surface area (Å²) >= 11 is 4.93. The van der Waals surface area contributed by atoms with E-state index in [1.165, 1.54) is 12.1 Å². The third-order valence-electron chi connectivity index (χ3n) is 3.11. The highest BCUT2D eigenvalue weighted by molar-refractivity contribution is 7.80. The van der Waals surface area contributed by atoms with E-state index in [4.69, 9.17) is 17.0 Å². The molecule has 3 N–H and O–H groups in total. The third kappa shape index (κ3) is 5.67. The van der Waals surface area contributed by atoms with Crippen LogP contribution in [-0.2, 0) is 0 Å². The Morgan fingerprint density at radius 1 is 1.00 bits per heavy atom. The van der Waals surface area contributed by atoms with Crippen LogP contribution in [0.15, 0.2) is 61.2 Å². The highest BCUT2D eigenvalue weighted by atomic mass is 32.1. The summed E-state index contributed by atoms with van der Waals surface area (Å²) in [5.74, 6) is -0.814. The van der Waals surface area contributed by atoms with Crippen molar-refractivity contribution in [2.24, 2.45) is 0 Å². The molecule has 0 unspecified atom stereocenters. The Bertz CT molecular complexity index is 807. The van der Waals surface area contributed by atoms with E-state index in [0.717, 1.165) is 12.1 Å². The maximum atomic E-state index is 12.8. The zero-order valence-electron chi connectivity index (χ0n) is 13.6. The predicted molar refractivity (Wildman–Crippen MR) is 99.2 cm³/mol. The summed E-state index contributed by atoms with van der Waals surface area (Å²) in [7, 11) is 0. The summed E-state index contributed by atoms with van der Waals surface area (Å²) in [5, 5.41) is 2.27. The maximum absolute atomic E-state index is 12.8. The van der Waals surface area contributed by atoms with Gasteiger partial charge < -0.3 is 4.74 Å². The van der Waals surface area contributed by atoms with Crippen molar-refractivity contribution in [1.82, 2.24) is 16.2 Å². The van der Waals surface area contributed by atoms with E-state index in [2.05, 4.69) is 22.7 Å². The highest BCUT2D eigenvalue weighted by Gasteiger charge is 2.10. The molecule has 26 heavy (non-hydrogen) atoms. The molecule has 0 bridgehead atoms. The average Bonchev–Trinajstić information content (AvgIpc) is 2.65. The van der Waals surface area contributed by atoms with Crippen molar-refractivity contribution in [3.63, 3.8) is 0 Å². The van der Waals surface area contributed by atoms with Gasteiger partial charge in [0.2, 0.25) is 0 Å². The number of ether oxygens (including phenoxy) is 1. The molecule has 2 aromatic rings. The molecule has 8 heteroatoms. The Morgan fingerprint density at radius 3 is 2.19 bits per heavy atom. The molecular formula is C18H16FN3O3S. The second kappa shape index (κ2) is 9.28. The van der Waals surface area contributed by atoms with Crippen molar-refractivity contribution >= 4 is 29.1 Å². The van der Waals surface area contributed by atoms with Crippen molar-refractivity contribution in [3.8, 4) is 5.75 Å². The minimum Gasteiger partial charge on any atom is -0.490 e. The SMILES string of the molecule is C=CCOc1ccc(C(=O)NNC(=S)NC(=O)c2ccc(F)cc2)cc1. The summed E-state index contributed by atoms with van der Waals surface area (Å²) in [6, 6.07) is 11.4. The maximum Gasteiger partial charge on any atom is 0.269 e. The van der Waals surface area contributed by atoms with Crippen molar-refractivity contribution in [3.05, 3.63) is 78.1 Å². The topological polar surface area (TPSA) is 79.5 Å². The van der Waals surface area contributed by atoms with Crippen LogP contribution in [0.1, 0.15) is 20.7 Å². The standard InChI is InChI=1S/C18H16FN3O3S/c1-2-11-25-15-9-5-13(6-10-15)17(24)21-22-18(26)20-16(23)12-3-7-14(19)8-4-12/h2-10H,1,11H2,(H,21,24)(H2,20,22,23,26). The Morgan fingerprint density at radius 2 is 1.58 bits per heavy atom. The largest absolute Gasteiger partial charge is 0.490 e. The molecule has 0 radical (unpaired) electrons. The number of carbonyl (C=O) groups excluding carboxylic acids is 2. The normalized spacial score (nSPS) is 9.73. The number of carbonyl (C=O) groups is 2. The van der Waals surface area contributed by atoms with E-state index >= 15 is 0 Å². The molecule has 0 aliphatic carbocycles. The van der Waals surface area contributed by atoms with E-state index in [0.29, 0.717) is 17.9 Å². The van der Waals surface area contributed by atoms with Gasteiger partial charge in [0, 0.05) is 11.1 Å². The third-order valence-corrected chi connectivity index (χ3v) is 3.31. The van der Waals surface area contributed by atoms with Crippen LogP contribution < -0.4 is 20.9 Å². The summed E-state index contributed by atoms with van der Waals surface area (Å²) in [4.78, 5) is 23.9. The van der Waals surface area contributed by atoms with Gasteiger partial charge in [-0.2, -0.15) is 0 Å². The first-order valence-corrected chi connectivity index (χ1v) is 7.91. The van der Waals surface area contributed by atoms with E-state index in [-0.39, 0.29) is 10.7 Å². The molecule has 0 aromatic heterocycles. The fourth-order valence-electron chi connectivity index (χ4n) is 1.85. The van der Waals surface area contributed by atoms with Crippen molar-refractivity contribution in [2.45, 2.75) is 0 Å². The molecule has 0 saturated heterocycles. The predicted octanol–water partition coefficient (Wildman–Crippen LogP) is 2.34. The molecule has 134 valence electrons. The smallest absolute Gasteiger partial charge is 0.269 e. The molecule has 0 fully saturated rings. The van der Waals surface area contributed by atoms with Gasteiger partial charge in [-0.25, -0.2) is 4.39 Å². The molecule has 0 aliphatic heterocycles. The quantitative estimate of drug-likeness (QED) is 0.426. The fourth-order valence-corrected chi connectivity index (χ4v) is 1.99. The zero-order valence-corrected chi connectivity index (χ0v) is 14.4. The first-order chi connectivity index (χ1) is 12.5. The molecule has 2 aromatic carbocycles. The summed E-state index contributed by atoms with van der Waals surface area (Å²) in [6.45, 7) is 3.92. The fraction of sp³-hybridized carbons (Fsp3) is 0.0556. The lowest BCUT2D eigenvalue weighted by Gasteiger charge is -2.11. The van der Waals surface area contributed by atoms with Crippen LogP contribution in [0.2, 0.25) is 0 Å². The Hall–Kier alpha value is -3.26. The number of halogens is 1. The van der Waals surface area contributed by atoms with Gasteiger partial charge in [0.05, 0.1) is 0 Å². The number of nitrogens with one attached hydrogen (secondary N) is 3. The van der Waals surface area contributed by atoms with Crippen LogP contribution in [-0.4, -0.2) is 23.5 Å². The van der Waals surface area contributed by atoms with Gasteiger partial charge in [-0.05, 0) is 60.7 Å². The summed E-state index contributed by atoms with van der Waals surface area (Å²) in [5.41, 5.74) is 5.39. The van der Waals surface area contributed by atoms with Gasteiger partial charge >= 0.3 is 0 Å². The highest BCUT2D eigenvalue weighted by Crippen LogP contribution is 2.11. The van der Waals surface area contributed by atoms with Crippen molar-refractivity contribution < 1.29 is 18.7 Å². The first kappa shape index (κ1) is 19.1. The molecule has 0 heterocycles. The lowest BCUT2D eigenvalue weighted by Crippen LogP contribution is -2.48. The van der Waals surface area contributed by atoms with Crippen LogP contribution in [0.4, 0.5) is 4.39 Å². The molecule has 2 rings (SSSR count). The van der Waals surface area contributed by atoms with E-state index in [1.54, 1.807) is 30.3 Å². The Kier molecular flexibility index (Phi) is 6.81. The monoisotopic (exact) mass is 373 g/mol. The Balaban J connectivity index is 1.82. The number of hydrazine groups is 1. The van der Waals surface area contributed by atoms with Gasteiger partial charge in [-0.3, -0.25) is 25.8 Å². The van der Waals surface area contributed by atoms with Crippen molar-refractivity contribution in [1.29, 1.82) is 0 Å². The summed E-state index contributed by atoms with van der Waals surface area (Å²) < 4.78 is 18.2. The number of thiocarbonyl (C=S) groups is 1. The minimum absolute atomic E-state index is 0.0985. The van der Waals surface area contributed by atoms with Crippen LogP contribution in [0.3, 0.4) is 0 Å². The molecule has 0 saturated carbocycles. The second-order valence-corrected chi connectivity index (χ2v) is 5.40. The van der Waals surface area contributed by atoms with E-state index in [1.807, 2.05) is 0 Å². The van der Waals surface area contributed by atoms with Gasteiger partial charge in [0.1, 0.15) is 18.2 Å². The minimum atomic E-state index is -0.527. The van der Waals surface area contributed by atoms with E-state index in [9.17, 15) is 14.0 Å². The summed E-state index contributed by atoms with van der Waals surface area (Å²) in [6.07, 6.45) is 1.62. The lowest BCUT2D eigenvalue weighted by molar-refractivity contribution is 0.0934. The number of amides is 2. The van der Waals surface area contributed by atoms with Crippen LogP contribution in [0, 0.1) is 5.82 Å². The van der Waals surface area contributed by atoms with E-state index < -0.39 is 17.6 Å². The molecule has 6 nitrogen and oxygen atoms in total. The molecule has 0 spiro atoms. The second-order valence-electron chi connectivity index (χ2n) is 4.99. The van der Waals surface area contributed by atoms with Crippen LogP contribution >= 0.6 is 12.2 Å². The lowest BCUT2D eigenvalue weighted by atomic mass is 10.2. The Labute approximate surface area is 155 Å². The number of benzene rings is 2. The van der Waals surface area contributed by atoms with Gasteiger partial charge in [-0.1, -0.05) is 12.7 Å². The molecular weight excluding hydrogens is 357 g/mol. The van der Waals surface area contributed by atoms with Crippen LogP contribution in [0.5, 0.6) is 5.75 Å². The van der Waals surface area contributed by atoms with Crippen LogP contribution in [0.25, 0.3) is 0 Å². The molecule has 2 amide bonds. The van der Waals surface area contributed by atoms with Crippen molar-refractivity contribution in [2.75, 3.05) is 6.61 Å². The number of rotatable bonds is 5. The van der Waals surface area contributed by atoms with Gasteiger partial charge in [-0.15, -0.1) is 0 Å². The average molecular weight is 373 g/mol. The van der Waals surface area contributed by atoms with Gasteiger partial charge in [0.15, 0.2) is 5.11 Å². The molecule has 0 aliphatic rings. The number of hydrogen-bond acceptors (Lipinski definition) is 4. The number of hydrogen-bond donors (Lipinski definition) is 3. The molecule has 0 atom stereocenters. The first-order valence-electron chi connectivity index (χ1n) is 7.50.